The molecule has 0 radical (unpaired) electrons. The molecule has 1 rings (SSSR count). The first-order valence-corrected chi connectivity index (χ1v) is 9.24. The Balaban J connectivity index is 2.91. The maximum atomic E-state index is 4.50. The van der Waals surface area contributed by atoms with Crippen molar-refractivity contribution in [2.45, 2.75) is 34.1 Å². The van der Waals surface area contributed by atoms with E-state index in [4.69, 9.17) is 0 Å². The first-order chi connectivity index (χ1) is 12.8. The molecule has 146 valence electrons. The highest BCUT2D eigenvalue weighted by molar-refractivity contribution is 6.07. The maximum absolute atomic E-state index is 4.50. The standard InChI is InChI=1S/C22H33N5/c1-9-14-27(19(5)17(3)26-20(6)23-7)22(24-8)15-25-18(4)21-12-10-16(2)11-13-21/h10-13,25H,4-5,9,14-15H2,1-3,6-8H3/b23-20-,24-22-,26-17+. The van der Waals surface area contributed by atoms with Crippen LogP contribution in [0.1, 0.15) is 38.3 Å². The molecule has 5 nitrogen and oxygen atoms in total. The Morgan fingerprint density at radius 1 is 1.07 bits per heavy atom. The summed E-state index contributed by atoms with van der Waals surface area (Å²) < 4.78 is 0. The number of allylic oxidation sites excluding steroid dienone is 1. The minimum absolute atomic E-state index is 0.566. The number of rotatable bonds is 8. The summed E-state index contributed by atoms with van der Waals surface area (Å²) in [5.41, 5.74) is 4.85. The summed E-state index contributed by atoms with van der Waals surface area (Å²) in [6.45, 7) is 17.8. The summed E-state index contributed by atoms with van der Waals surface area (Å²) in [6, 6.07) is 8.30. The number of nitrogens with one attached hydrogen (secondary N) is 1. The van der Waals surface area contributed by atoms with Gasteiger partial charge in [0.05, 0.1) is 18.0 Å². The van der Waals surface area contributed by atoms with Crippen molar-refractivity contribution in [3.05, 3.63) is 54.2 Å². The fourth-order valence-electron chi connectivity index (χ4n) is 2.53. The number of hydrogen-bond donors (Lipinski definition) is 1. The molecule has 0 unspecified atom stereocenters. The minimum Gasteiger partial charge on any atom is -0.378 e. The van der Waals surface area contributed by atoms with Gasteiger partial charge in [0.2, 0.25) is 0 Å². The third-order valence-electron chi connectivity index (χ3n) is 4.27. The van der Waals surface area contributed by atoms with Crippen LogP contribution < -0.4 is 5.32 Å². The van der Waals surface area contributed by atoms with Crippen LogP contribution in [0.3, 0.4) is 0 Å². The van der Waals surface area contributed by atoms with Crippen LogP contribution in [-0.2, 0) is 0 Å². The molecule has 27 heavy (non-hydrogen) atoms. The van der Waals surface area contributed by atoms with Gasteiger partial charge in [-0.15, -0.1) is 0 Å². The molecule has 5 heteroatoms. The van der Waals surface area contributed by atoms with Gasteiger partial charge in [-0.2, -0.15) is 0 Å². The fourth-order valence-corrected chi connectivity index (χ4v) is 2.53. The van der Waals surface area contributed by atoms with Gasteiger partial charge in [0.15, 0.2) is 0 Å². The Bertz CT molecular complexity index is 738. The van der Waals surface area contributed by atoms with E-state index in [0.717, 1.165) is 47.3 Å². The molecule has 0 aliphatic carbocycles. The predicted molar refractivity (Wildman–Crippen MR) is 120 cm³/mol. The van der Waals surface area contributed by atoms with Gasteiger partial charge in [-0.3, -0.25) is 9.98 Å². The van der Waals surface area contributed by atoms with E-state index in [-0.39, 0.29) is 0 Å². The Labute approximate surface area is 164 Å². The molecule has 0 spiro atoms. The summed E-state index contributed by atoms with van der Waals surface area (Å²) in [6.07, 6.45) is 0.977. The number of benzene rings is 1. The number of nitrogens with zero attached hydrogens (tertiary/aromatic N) is 4. The molecule has 1 N–H and O–H groups in total. The molecule has 1 aromatic carbocycles. The lowest BCUT2D eigenvalue weighted by Crippen LogP contribution is -2.39. The average molecular weight is 368 g/mol. The zero-order valence-corrected chi connectivity index (χ0v) is 17.6. The van der Waals surface area contributed by atoms with E-state index in [2.05, 4.69) is 76.5 Å². The molecule has 0 saturated carbocycles. The predicted octanol–water partition coefficient (Wildman–Crippen LogP) is 4.32. The van der Waals surface area contributed by atoms with E-state index in [1.165, 1.54) is 5.56 Å². The van der Waals surface area contributed by atoms with Crippen molar-refractivity contribution in [3.63, 3.8) is 0 Å². The van der Waals surface area contributed by atoms with E-state index in [1.54, 1.807) is 14.1 Å². The van der Waals surface area contributed by atoms with Crippen LogP contribution in [0.4, 0.5) is 0 Å². The van der Waals surface area contributed by atoms with Gasteiger partial charge >= 0.3 is 0 Å². The molecule has 1 aromatic rings. The van der Waals surface area contributed by atoms with Crippen molar-refractivity contribution in [1.82, 2.24) is 10.2 Å². The maximum Gasteiger partial charge on any atom is 0.123 e. The Kier molecular flexibility index (Phi) is 9.20. The first-order valence-electron chi connectivity index (χ1n) is 9.24. The SMILES string of the molecule is C=C(NC/C(=N/C)N(CCC)C(=C)/C(C)=N/C(C)=N\C)c1ccc(C)cc1. The largest absolute Gasteiger partial charge is 0.378 e. The van der Waals surface area contributed by atoms with E-state index in [0.29, 0.717) is 6.54 Å². The molecular formula is C22H33N5. The summed E-state index contributed by atoms with van der Waals surface area (Å²) in [7, 11) is 3.53. The van der Waals surface area contributed by atoms with Crippen molar-refractivity contribution in [2.24, 2.45) is 15.0 Å². The van der Waals surface area contributed by atoms with Crippen LogP contribution in [0.2, 0.25) is 0 Å². The Hall–Kier alpha value is -2.69. The monoisotopic (exact) mass is 367 g/mol. The van der Waals surface area contributed by atoms with Crippen LogP contribution in [0.15, 0.2) is 58.1 Å². The zero-order valence-electron chi connectivity index (χ0n) is 17.6. The van der Waals surface area contributed by atoms with E-state index in [1.807, 2.05) is 13.8 Å². The average Bonchev–Trinajstić information content (AvgIpc) is 2.67. The Morgan fingerprint density at radius 2 is 1.70 bits per heavy atom. The third kappa shape index (κ3) is 6.85. The number of aryl methyl sites for hydroxylation is 1. The lowest BCUT2D eigenvalue weighted by Gasteiger charge is -2.28. The van der Waals surface area contributed by atoms with Crippen molar-refractivity contribution in [1.29, 1.82) is 0 Å². The number of amidine groups is 2. The lowest BCUT2D eigenvalue weighted by atomic mass is 10.1. The summed E-state index contributed by atoms with van der Waals surface area (Å²) in [5, 5.41) is 3.38. The Morgan fingerprint density at radius 3 is 2.22 bits per heavy atom. The molecule has 0 saturated heterocycles. The van der Waals surface area contributed by atoms with Gasteiger partial charge in [0, 0.05) is 26.3 Å². The minimum atomic E-state index is 0.566. The second-order valence-corrected chi connectivity index (χ2v) is 6.40. The molecule has 0 atom stereocenters. The quantitative estimate of drug-likeness (QED) is 0.549. The van der Waals surface area contributed by atoms with Crippen LogP contribution >= 0.6 is 0 Å². The van der Waals surface area contributed by atoms with E-state index >= 15 is 0 Å². The molecule has 0 aromatic heterocycles. The zero-order chi connectivity index (χ0) is 20.4. The van der Waals surface area contributed by atoms with Gasteiger partial charge in [-0.05, 0) is 32.8 Å². The highest BCUT2D eigenvalue weighted by Gasteiger charge is 2.16. The molecule has 0 fully saturated rings. The number of hydrogen-bond acceptors (Lipinski definition) is 3. The second kappa shape index (κ2) is 11.1. The van der Waals surface area contributed by atoms with E-state index in [9.17, 15) is 0 Å². The van der Waals surface area contributed by atoms with Crippen molar-refractivity contribution >= 4 is 23.1 Å². The smallest absolute Gasteiger partial charge is 0.123 e. The van der Waals surface area contributed by atoms with Crippen LogP contribution in [-0.4, -0.2) is 49.5 Å². The molecule has 0 amide bonds. The van der Waals surface area contributed by atoms with Crippen molar-refractivity contribution in [3.8, 4) is 0 Å². The van der Waals surface area contributed by atoms with Gasteiger partial charge < -0.3 is 10.2 Å². The van der Waals surface area contributed by atoms with Crippen LogP contribution in [0.25, 0.3) is 5.70 Å². The van der Waals surface area contributed by atoms with Crippen molar-refractivity contribution < 1.29 is 0 Å². The van der Waals surface area contributed by atoms with Crippen LogP contribution in [0.5, 0.6) is 0 Å². The van der Waals surface area contributed by atoms with Crippen LogP contribution in [0, 0.1) is 6.92 Å². The van der Waals surface area contributed by atoms with E-state index < -0.39 is 0 Å². The molecule has 0 aliphatic heterocycles. The summed E-state index contributed by atoms with van der Waals surface area (Å²) in [5.74, 6) is 1.63. The third-order valence-corrected chi connectivity index (χ3v) is 4.27. The van der Waals surface area contributed by atoms with Gasteiger partial charge in [0.1, 0.15) is 11.7 Å². The lowest BCUT2D eigenvalue weighted by molar-refractivity contribution is 0.519. The fraction of sp³-hybridized carbons (Fsp3) is 0.409. The number of aliphatic imine (C=N–C) groups is 3. The second-order valence-electron chi connectivity index (χ2n) is 6.40. The molecule has 0 aliphatic rings. The topological polar surface area (TPSA) is 52.4 Å². The molecule has 0 heterocycles. The van der Waals surface area contributed by atoms with Gasteiger partial charge in [-0.1, -0.05) is 49.9 Å². The highest BCUT2D eigenvalue weighted by atomic mass is 15.2. The van der Waals surface area contributed by atoms with Gasteiger partial charge in [0.25, 0.3) is 0 Å². The molecular weight excluding hydrogens is 334 g/mol. The summed E-state index contributed by atoms with van der Waals surface area (Å²) >= 11 is 0. The molecule has 0 bridgehead atoms. The summed E-state index contributed by atoms with van der Waals surface area (Å²) in [4.78, 5) is 15.2. The first kappa shape index (κ1) is 22.4. The van der Waals surface area contributed by atoms with Gasteiger partial charge in [-0.25, -0.2) is 4.99 Å². The van der Waals surface area contributed by atoms with Crippen molar-refractivity contribution in [2.75, 3.05) is 27.2 Å². The highest BCUT2D eigenvalue weighted by Crippen LogP contribution is 2.12. The normalized spacial score (nSPS) is 12.7.